The second kappa shape index (κ2) is 11.5. The van der Waals surface area contributed by atoms with Gasteiger partial charge in [-0.3, -0.25) is 0 Å². The number of hydrogen-bond donors (Lipinski definition) is 0. The number of fused-ring (bicyclic) bond motifs is 7. The first kappa shape index (κ1) is 29.1. The maximum absolute atomic E-state index is 2.47. The minimum Gasteiger partial charge on any atom is -0.310 e. The van der Waals surface area contributed by atoms with Crippen molar-refractivity contribution in [3.05, 3.63) is 193 Å². The van der Waals surface area contributed by atoms with Gasteiger partial charge in [-0.1, -0.05) is 135 Å². The first-order valence-electron chi connectivity index (χ1n) is 17.0. The van der Waals surface area contributed by atoms with Crippen LogP contribution >= 0.6 is 0 Å². The van der Waals surface area contributed by atoms with Crippen LogP contribution in [0.25, 0.3) is 32.7 Å². The molecule has 8 aromatic rings. The fraction of sp³-hybridized carbons (Fsp3) is 0.0638. The van der Waals surface area contributed by atoms with Gasteiger partial charge < -0.3 is 9.80 Å². The molecule has 49 heavy (non-hydrogen) atoms. The predicted molar refractivity (Wildman–Crippen MR) is 208 cm³/mol. The van der Waals surface area contributed by atoms with E-state index in [1.165, 1.54) is 55.2 Å². The molecule has 0 radical (unpaired) electrons. The van der Waals surface area contributed by atoms with E-state index in [-0.39, 0.29) is 5.41 Å². The minimum atomic E-state index is -0.297. The Bertz CT molecular complexity index is 2370. The van der Waals surface area contributed by atoms with E-state index in [9.17, 15) is 0 Å². The van der Waals surface area contributed by atoms with Crippen LogP contribution in [-0.2, 0) is 5.41 Å². The molecular weight excluding hydrogens is 593 g/mol. The van der Waals surface area contributed by atoms with Gasteiger partial charge in [-0.2, -0.15) is 0 Å². The number of hydrogen-bond acceptors (Lipinski definition) is 2. The van der Waals surface area contributed by atoms with Gasteiger partial charge in [0.25, 0.3) is 0 Å². The summed E-state index contributed by atoms with van der Waals surface area (Å²) >= 11 is 0. The highest BCUT2D eigenvalue weighted by atomic mass is 15.2. The van der Waals surface area contributed by atoms with Crippen LogP contribution < -0.4 is 9.80 Å². The topological polar surface area (TPSA) is 6.48 Å². The molecule has 0 heterocycles. The average Bonchev–Trinajstić information content (AvgIpc) is 3.40. The van der Waals surface area contributed by atoms with E-state index in [4.69, 9.17) is 0 Å². The van der Waals surface area contributed by atoms with Crippen molar-refractivity contribution in [1.82, 2.24) is 0 Å². The normalized spacial score (nSPS) is 12.9. The van der Waals surface area contributed by atoms with Crippen molar-refractivity contribution < 1.29 is 0 Å². The molecule has 0 saturated heterocycles. The molecule has 234 valence electrons. The Morgan fingerprint density at radius 2 is 0.776 bits per heavy atom. The Hall–Kier alpha value is -6.12. The molecule has 0 fully saturated rings. The molecule has 0 N–H and O–H groups in total. The second-order valence-electron chi connectivity index (χ2n) is 13.4. The van der Waals surface area contributed by atoms with Crippen molar-refractivity contribution in [2.75, 3.05) is 9.80 Å². The summed E-state index contributed by atoms with van der Waals surface area (Å²) in [6.07, 6.45) is 0. The lowest BCUT2D eigenvalue weighted by Gasteiger charge is -2.33. The number of rotatable bonds is 6. The summed E-state index contributed by atoms with van der Waals surface area (Å²) in [6.45, 7) is 4.84. The molecule has 0 spiro atoms. The summed E-state index contributed by atoms with van der Waals surface area (Å²) in [6, 6.07) is 65.9. The molecule has 0 saturated carbocycles. The van der Waals surface area contributed by atoms with Crippen molar-refractivity contribution in [3.8, 4) is 11.1 Å². The molecule has 1 aliphatic carbocycles. The number of anilines is 6. The Morgan fingerprint density at radius 3 is 1.29 bits per heavy atom. The van der Waals surface area contributed by atoms with Gasteiger partial charge in [-0.25, -0.2) is 0 Å². The summed E-state index contributed by atoms with van der Waals surface area (Å²) in [5.41, 5.74) is 12.0. The van der Waals surface area contributed by atoms with Crippen LogP contribution in [0.15, 0.2) is 182 Å². The van der Waals surface area contributed by atoms with E-state index >= 15 is 0 Å². The van der Waals surface area contributed by atoms with Gasteiger partial charge in [-0.15, -0.1) is 0 Å². The second-order valence-corrected chi connectivity index (χ2v) is 13.4. The van der Waals surface area contributed by atoms with E-state index in [0.29, 0.717) is 0 Å². The first-order valence-corrected chi connectivity index (χ1v) is 17.0. The van der Waals surface area contributed by atoms with E-state index < -0.39 is 0 Å². The molecule has 0 bridgehead atoms. The third kappa shape index (κ3) is 4.63. The molecule has 0 amide bonds. The Morgan fingerprint density at radius 1 is 0.367 bits per heavy atom. The maximum atomic E-state index is 2.47. The molecule has 8 aromatic carbocycles. The van der Waals surface area contributed by atoms with Crippen molar-refractivity contribution in [2.24, 2.45) is 0 Å². The third-order valence-corrected chi connectivity index (χ3v) is 10.1. The highest BCUT2D eigenvalue weighted by molar-refractivity contribution is 6.14. The SMILES string of the molecule is CC1(C)c2c(N(c3ccccc3)c3ccccc3)cc3ccccc3c2-c2cc(N(c3ccccc3)c3ccccc3)c3ccccc3c21. The zero-order valence-corrected chi connectivity index (χ0v) is 27.7. The van der Waals surface area contributed by atoms with Crippen LogP contribution in [0.2, 0.25) is 0 Å². The van der Waals surface area contributed by atoms with Gasteiger partial charge in [0.15, 0.2) is 0 Å². The molecule has 2 nitrogen and oxygen atoms in total. The standard InChI is InChI=1S/C47H36N2/c1-47(2)45-40-30-18-17-29-39(40)42(48(34-20-7-3-8-21-34)35-22-9-4-10-23-35)32-41(45)44-38-28-16-15-19-33(38)31-43(46(44)47)49(36-24-11-5-12-25-36)37-26-13-6-14-27-37/h3-32H,1-2H3. The Balaban J connectivity index is 1.41. The van der Waals surface area contributed by atoms with Crippen LogP contribution in [-0.4, -0.2) is 0 Å². The highest BCUT2D eigenvalue weighted by Gasteiger charge is 2.42. The summed E-state index contributed by atoms with van der Waals surface area (Å²) in [4.78, 5) is 4.86. The van der Waals surface area contributed by atoms with Crippen LogP contribution in [0, 0.1) is 0 Å². The molecule has 0 unspecified atom stereocenters. The van der Waals surface area contributed by atoms with Gasteiger partial charge in [0.1, 0.15) is 0 Å². The fourth-order valence-corrected chi connectivity index (χ4v) is 8.12. The average molecular weight is 629 g/mol. The van der Waals surface area contributed by atoms with E-state index in [1.54, 1.807) is 0 Å². The largest absolute Gasteiger partial charge is 0.310 e. The number of nitrogens with zero attached hydrogens (tertiary/aromatic N) is 2. The quantitative estimate of drug-likeness (QED) is 0.181. The fourth-order valence-electron chi connectivity index (χ4n) is 8.12. The maximum Gasteiger partial charge on any atom is 0.0546 e. The lowest BCUT2D eigenvalue weighted by atomic mass is 9.78. The first-order chi connectivity index (χ1) is 24.1. The van der Waals surface area contributed by atoms with Crippen molar-refractivity contribution in [2.45, 2.75) is 19.3 Å². The zero-order chi connectivity index (χ0) is 33.0. The zero-order valence-electron chi connectivity index (χ0n) is 27.7. The van der Waals surface area contributed by atoms with E-state index in [1.807, 2.05) is 0 Å². The Kier molecular flexibility index (Phi) is 6.84. The van der Waals surface area contributed by atoms with Crippen LogP contribution in [0.3, 0.4) is 0 Å². The van der Waals surface area contributed by atoms with Gasteiger partial charge in [-0.05, 0) is 99.1 Å². The lowest BCUT2D eigenvalue weighted by Crippen LogP contribution is -2.21. The van der Waals surface area contributed by atoms with Gasteiger partial charge in [0, 0.05) is 33.6 Å². The summed E-state index contributed by atoms with van der Waals surface area (Å²) < 4.78 is 0. The molecule has 2 heteroatoms. The van der Waals surface area contributed by atoms with Crippen molar-refractivity contribution >= 4 is 55.7 Å². The van der Waals surface area contributed by atoms with Crippen molar-refractivity contribution in [1.29, 1.82) is 0 Å². The van der Waals surface area contributed by atoms with Crippen molar-refractivity contribution in [3.63, 3.8) is 0 Å². The smallest absolute Gasteiger partial charge is 0.0546 e. The van der Waals surface area contributed by atoms with E-state index in [0.717, 1.165) is 22.7 Å². The molecule has 9 rings (SSSR count). The van der Waals surface area contributed by atoms with Gasteiger partial charge >= 0.3 is 0 Å². The summed E-state index contributed by atoms with van der Waals surface area (Å²) in [5, 5.41) is 5.04. The molecular formula is C47H36N2. The highest BCUT2D eigenvalue weighted by Crippen LogP contribution is 2.60. The third-order valence-electron chi connectivity index (χ3n) is 10.1. The van der Waals surface area contributed by atoms with Crippen LogP contribution in [0.5, 0.6) is 0 Å². The predicted octanol–water partition coefficient (Wildman–Crippen LogP) is 13.2. The summed E-state index contributed by atoms with van der Waals surface area (Å²) in [5.74, 6) is 0. The Labute approximate surface area is 288 Å². The van der Waals surface area contributed by atoms with Crippen LogP contribution in [0.4, 0.5) is 34.1 Å². The number of benzene rings is 8. The monoisotopic (exact) mass is 628 g/mol. The van der Waals surface area contributed by atoms with Gasteiger partial charge in [0.2, 0.25) is 0 Å². The summed E-state index contributed by atoms with van der Waals surface area (Å²) in [7, 11) is 0. The molecule has 0 aromatic heterocycles. The number of para-hydroxylation sites is 4. The van der Waals surface area contributed by atoms with E-state index in [2.05, 4.69) is 206 Å². The van der Waals surface area contributed by atoms with Crippen LogP contribution in [0.1, 0.15) is 25.0 Å². The molecule has 0 aliphatic heterocycles. The molecule has 0 atom stereocenters. The lowest BCUT2D eigenvalue weighted by molar-refractivity contribution is 0.667. The molecule has 1 aliphatic rings. The minimum absolute atomic E-state index is 0.297. The van der Waals surface area contributed by atoms with Gasteiger partial charge in [0.05, 0.1) is 11.4 Å².